The van der Waals surface area contributed by atoms with Gasteiger partial charge in [0.1, 0.15) is 5.60 Å². The predicted molar refractivity (Wildman–Crippen MR) is 56.0 cm³/mol. The van der Waals surface area contributed by atoms with E-state index in [9.17, 15) is 22.8 Å². The van der Waals surface area contributed by atoms with Crippen molar-refractivity contribution >= 4 is 12.1 Å². The number of carbonyl (C=O) groups excluding carboxylic acids is 1. The van der Waals surface area contributed by atoms with Crippen molar-refractivity contribution < 1.29 is 32.6 Å². The van der Waals surface area contributed by atoms with Gasteiger partial charge in [-0.2, -0.15) is 13.2 Å². The molecular weight excluding hydrogens is 255 g/mol. The molecule has 0 spiro atoms. The summed E-state index contributed by atoms with van der Waals surface area (Å²) in [5.74, 6) is -3.72. The molecule has 106 valence electrons. The molecule has 1 amide bonds. The zero-order chi connectivity index (χ0) is 14.6. The van der Waals surface area contributed by atoms with E-state index in [1.165, 1.54) is 0 Å². The molecule has 0 aromatic carbocycles. The van der Waals surface area contributed by atoms with Gasteiger partial charge in [-0.1, -0.05) is 0 Å². The van der Waals surface area contributed by atoms with E-state index in [2.05, 4.69) is 0 Å². The maximum atomic E-state index is 12.4. The Morgan fingerprint density at radius 1 is 1.28 bits per heavy atom. The summed E-state index contributed by atoms with van der Waals surface area (Å²) in [6.45, 7) is 3.85. The van der Waals surface area contributed by atoms with E-state index in [0.717, 1.165) is 0 Å². The summed E-state index contributed by atoms with van der Waals surface area (Å²) in [6.07, 6.45) is -6.80. The normalized spacial score (nSPS) is 13.9. The van der Waals surface area contributed by atoms with Gasteiger partial charge in [-0.05, 0) is 20.8 Å². The summed E-state index contributed by atoms with van der Waals surface area (Å²) in [5.41, 5.74) is -0.829. The van der Waals surface area contributed by atoms with Crippen LogP contribution < -0.4 is 5.32 Å². The highest BCUT2D eigenvalue weighted by atomic mass is 19.4. The molecular formula is C10H16F3NO4. The van der Waals surface area contributed by atoms with Crippen molar-refractivity contribution in [3.8, 4) is 0 Å². The number of amides is 1. The highest BCUT2D eigenvalue weighted by molar-refractivity contribution is 5.69. The van der Waals surface area contributed by atoms with Crippen LogP contribution in [0.4, 0.5) is 18.0 Å². The molecule has 8 heteroatoms. The third kappa shape index (κ3) is 7.75. The number of rotatable bonds is 4. The fourth-order valence-electron chi connectivity index (χ4n) is 1.04. The van der Waals surface area contributed by atoms with E-state index in [-0.39, 0.29) is 0 Å². The number of ether oxygens (including phenoxy) is 1. The van der Waals surface area contributed by atoms with Crippen molar-refractivity contribution in [2.75, 3.05) is 6.54 Å². The van der Waals surface area contributed by atoms with E-state index in [0.29, 0.717) is 0 Å². The van der Waals surface area contributed by atoms with Crippen molar-refractivity contribution in [1.29, 1.82) is 0 Å². The van der Waals surface area contributed by atoms with Crippen LogP contribution >= 0.6 is 0 Å². The highest BCUT2D eigenvalue weighted by Gasteiger charge is 2.41. The molecule has 0 fully saturated rings. The van der Waals surface area contributed by atoms with Crippen LogP contribution in [-0.4, -0.2) is 35.5 Å². The summed E-state index contributed by atoms with van der Waals surface area (Å²) in [4.78, 5) is 21.4. The molecule has 0 aromatic rings. The SMILES string of the molecule is CC(C)(C)OC(=O)NCC(CC(=O)O)C(F)(F)F. The Morgan fingerprint density at radius 2 is 1.78 bits per heavy atom. The largest absolute Gasteiger partial charge is 0.481 e. The minimum atomic E-state index is -4.69. The van der Waals surface area contributed by atoms with Crippen molar-refractivity contribution in [3.05, 3.63) is 0 Å². The van der Waals surface area contributed by atoms with Gasteiger partial charge in [0.05, 0.1) is 12.3 Å². The zero-order valence-corrected chi connectivity index (χ0v) is 10.3. The summed E-state index contributed by atoms with van der Waals surface area (Å²) in [6, 6.07) is 0. The van der Waals surface area contributed by atoms with Gasteiger partial charge in [0.25, 0.3) is 0 Å². The second-order valence-electron chi connectivity index (χ2n) is 4.72. The summed E-state index contributed by atoms with van der Waals surface area (Å²) in [5, 5.41) is 10.3. The van der Waals surface area contributed by atoms with Crippen molar-refractivity contribution in [1.82, 2.24) is 5.32 Å². The molecule has 0 rings (SSSR count). The molecule has 0 heterocycles. The number of hydrogen-bond donors (Lipinski definition) is 2. The second-order valence-corrected chi connectivity index (χ2v) is 4.72. The Hall–Kier alpha value is -1.47. The zero-order valence-electron chi connectivity index (χ0n) is 10.3. The standard InChI is InChI=1S/C10H16F3NO4/c1-9(2,3)18-8(17)14-5-6(4-7(15)16)10(11,12)13/h6H,4-5H2,1-3H3,(H,14,17)(H,15,16). The van der Waals surface area contributed by atoms with Crippen molar-refractivity contribution in [3.63, 3.8) is 0 Å². The minimum Gasteiger partial charge on any atom is -0.481 e. The maximum Gasteiger partial charge on any atom is 0.407 e. The number of alkyl halides is 3. The third-order valence-corrected chi connectivity index (χ3v) is 1.78. The molecule has 0 saturated carbocycles. The number of carboxylic acid groups (broad SMARTS) is 1. The lowest BCUT2D eigenvalue weighted by Gasteiger charge is -2.22. The molecule has 0 aliphatic carbocycles. The van der Waals surface area contributed by atoms with Gasteiger partial charge < -0.3 is 15.2 Å². The van der Waals surface area contributed by atoms with Crippen LogP contribution in [0.2, 0.25) is 0 Å². The molecule has 5 nitrogen and oxygen atoms in total. The molecule has 2 N–H and O–H groups in total. The van der Waals surface area contributed by atoms with Crippen molar-refractivity contribution in [2.45, 2.75) is 39.0 Å². The molecule has 0 saturated heterocycles. The Morgan fingerprint density at radius 3 is 2.11 bits per heavy atom. The molecule has 0 aliphatic heterocycles. The first-order valence-corrected chi connectivity index (χ1v) is 5.17. The van der Waals surface area contributed by atoms with Crippen LogP contribution in [0.5, 0.6) is 0 Å². The monoisotopic (exact) mass is 271 g/mol. The molecule has 0 aliphatic rings. The van der Waals surface area contributed by atoms with Crippen LogP contribution in [0, 0.1) is 5.92 Å². The number of carbonyl (C=O) groups is 2. The first kappa shape index (κ1) is 16.5. The lowest BCUT2D eigenvalue weighted by molar-refractivity contribution is -0.181. The fraction of sp³-hybridized carbons (Fsp3) is 0.800. The molecule has 1 unspecified atom stereocenters. The van der Waals surface area contributed by atoms with Crippen molar-refractivity contribution in [2.24, 2.45) is 5.92 Å². The summed E-state index contributed by atoms with van der Waals surface area (Å²) < 4.78 is 42.0. The summed E-state index contributed by atoms with van der Waals surface area (Å²) in [7, 11) is 0. The van der Waals surface area contributed by atoms with E-state index in [1.807, 2.05) is 5.32 Å². The molecule has 0 radical (unpaired) electrons. The minimum absolute atomic E-state index is 0.829. The summed E-state index contributed by atoms with van der Waals surface area (Å²) >= 11 is 0. The van der Waals surface area contributed by atoms with E-state index >= 15 is 0 Å². The Balaban J connectivity index is 4.36. The van der Waals surface area contributed by atoms with Gasteiger partial charge >= 0.3 is 18.2 Å². The third-order valence-electron chi connectivity index (χ3n) is 1.78. The van der Waals surface area contributed by atoms with Gasteiger partial charge in [-0.25, -0.2) is 4.79 Å². The van der Waals surface area contributed by atoms with Gasteiger partial charge in [0.15, 0.2) is 0 Å². The number of aliphatic carboxylic acids is 1. The van der Waals surface area contributed by atoms with Crippen LogP contribution in [0.1, 0.15) is 27.2 Å². The van der Waals surface area contributed by atoms with E-state index in [1.54, 1.807) is 20.8 Å². The van der Waals surface area contributed by atoms with E-state index < -0.39 is 42.7 Å². The lowest BCUT2D eigenvalue weighted by atomic mass is 10.1. The average molecular weight is 271 g/mol. The number of halogens is 3. The van der Waals surface area contributed by atoms with Crippen LogP contribution in [-0.2, 0) is 9.53 Å². The lowest BCUT2D eigenvalue weighted by Crippen LogP contribution is -2.40. The molecule has 18 heavy (non-hydrogen) atoms. The van der Waals surface area contributed by atoms with Crippen LogP contribution in [0.15, 0.2) is 0 Å². The smallest absolute Gasteiger partial charge is 0.407 e. The topological polar surface area (TPSA) is 75.6 Å². The van der Waals surface area contributed by atoms with Gasteiger partial charge in [0.2, 0.25) is 0 Å². The molecule has 0 bridgehead atoms. The number of hydrogen-bond acceptors (Lipinski definition) is 3. The fourth-order valence-corrected chi connectivity index (χ4v) is 1.04. The number of nitrogens with one attached hydrogen (secondary N) is 1. The Kier molecular flexibility index (Phi) is 5.44. The molecule has 1 atom stereocenters. The second kappa shape index (κ2) is 5.92. The number of alkyl carbamates (subject to hydrolysis) is 1. The van der Waals surface area contributed by atoms with Gasteiger partial charge in [-0.3, -0.25) is 4.79 Å². The molecule has 0 aromatic heterocycles. The van der Waals surface area contributed by atoms with Gasteiger partial charge in [0, 0.05) is 6.54 Å². The average Bonchev–Trinajstić information content (AvgIpc) is 2.06. The van der Waals surface area contributed by atoms with E-state index in [4.69, 9.17) is 9.84 Å². The Labute approximate surface area is 102 Å². The first-order chi connectivity index (χ1) is 7.92. The van der Waals surface area contributed by atoms with Gasteiger partial charge in [-0.15, -0.1) is 0 Å². The quantitative estimate of drug-likeness (QED) is 0.821. The maximum absolute atomic E-state index is 12.4. The Bertz CT molecular complexity index is 309. The number of carboxylic acids is 1. The van der Waals surface area contributed by atoms with Crippen LogP contribution in [0.25, 0.3) is 0 Å². The highest BCUT2D eigenvalue weighted by Crippen LogP contribution is 2.28. The first-order valence-electron chi connectivity index (χ1n) is 5.17. The predicted octanol–water partition coefficient (Wildman–Crippen LogP) is 2.16. The van der Waals surface area contributed by atoms with Crippen LogP contribution in [0.3, 0.4) is 0 Å².